The first-order chi connectivity index (χ1) is 9.47. The molecule has 1 atom stereocenters. The molecular weight excluding hydrogens is 278 g/mol. The van der Waals surface area contributed by atoms with E-state index in [2.05, 4.69) is 15.2 Å². The maximum Gasteiger partial charge on any atom is 0.265 e. The Morgan fingerprint density at radius 2 is 2.10 bits per heavy atom. The van der Waals surface area contributed by atoms with Crippen LogP contribution in [0.4, 0.5) is 10.9 Å². The van der Waals surface area contributed by atoms with Crippen molar-refractivity contribution in [3.63, 3.8) is 0 Å². The molecule has 1 fully saturated rings. The number of carbonyl (C=O) groups is 2. The number of amides is 2. The Morgan fingerprint density at radius 1 is 1.45 bits per heavy atom. The summed E-state index contributed by atoms with van der Waals surface area (Å²) in [6.45, 7) is 3.62. The molecule has 0 bridgehead atoms. The lowest BCUT2D eigenvalue weighted by molar-refractivity contribution is -0.118. The lowest BCUT2D eigenvalue weighted by Gasteiger charge is -2.12. The number of nitrogens with zero attached hydrogens (tertiary/aromatic N) is 2. The molecule has 1 saturated heterocycles. The molecule has 1 aliphatic heterocycles. The number of carbonyl (C=O) groups excluding carboxylic acids is 2. The van der Waals surface area contributed by atoms with Crippen LogP contribution in [-0.2, 0) is 4.79 Å². The third kappa shape index (κ3) is 3.38. The number of rotatable bonds is 5. The maximum atomic E-state index is 12.1. The van der Waals surface area contributed by atoms with Gasteiger partial charge in [-0.25, -0.2) is 4.98 Å². The summed E-state index contributed by atoms with van der Waals surface area (Å²) >= 11 is 1.29. The number of anilines is 2. The molecule has 2 rings (SSSR count). The number of nitrogens with two attached hydrogens (primary N) is 2. The van der Waals surface area contributed by atoms with Crippen molar-refractivity contribution in [3.8, 4) is 0 Å². The second kappa shape index (κ2) is 6.08. The molecule has 1 unspecified atom stereocenters. The van der Waals surface area contributed by atoms with E-state index >= 15 is 0 Å². The van der Waals surface area contributed by atoms with Crippen LogP contribution in [0.3, 0.4) is 0 Å². The molecule has 8 heteroatoms. The molecule has 0 radical (unpaired) electrons. The molecule has 110 valence electrons. The Labute approximate surface area is 121 Å². The Kier molecular flexibility index (Phi) is 4.43. The molecule has 1 aromatic rings. The summed E-state index contributed by atoms with van der Waals surface area (Å²) in [6.07, 6.45) is 2.37. The van der Waals surface area contributed by atoms with Crippen molar-refractivity contribution in [1.29, 1.82) is 0 Å². The normalized spacial score (nSPS) is 16.1. The van der Waals surface area contributed by atoms with Crippen LogP contribution in [0.2, 0.25) is 0 Å². The van der Waals surface area contributed by atoms with Crippen LogP contribution < -0.4 is 21.7 Å². The Balaban J connectivity index is 2.04. The van der Waals surface area contributed by atoms with Crippen LogP contribution in [0.15, 0.2) is 0 Å². The van der Waals surface area contributed by atoms with Crippen molar-refractivity contribution >= 4 is 34.1 Å². The predicted octanol–water partition coefficient (Wildman–Crippen LogP) is 0.319. The molecule has 5 N–H and O–H groups in total. The smallest absolute Gasteiger partial charge is 0.265 e. The van der Waals surface area contributed by atoms with Crippen molar-refractivity contribution in [2.45, 2.75) is 32.2 Å². The van der Waals surface area contributed by atoms with E-state index in [1.807, 2.05) is 0 Å². The average Bonchev–Trinajstić information content (AvgIpc) is 2.95. The van der Waals surface area contributed by atoms with Crippen LogP contribution in [0, 0.1) is 0 Å². The summed E-state index contributed by atoms with van der Waals surface area (Å²) < 4.78 is 0. The highest BCUT2D eigenvalue weighted by Crippen LogP contribution is 2.30. The van der Waals surface area contributed by atoms with E-state index in [0.717, 1.165) is 31.1 Å². The molecule has 0 aliphatic carbocycles. The van der Waals surface area contributed by atoms with Crippen LogP contribution >= 0.6 is 11.3 Å². The van der Waals surface area contributed by atoms with E-state index in [9.17, 15) is 9.59 Å². The highest BCUT2D eigenvalue weighted by Gasteiger charge is 2.22. The van der Waals surface area contributed by atoms with Gasteiger partial charge in [0.15, 0.2) is 5.13 Å². The van der Waals surface area contributed by atoms with Crippen molar-refractivity contribution in [3.05, 3.63) is 4.88 Å². The van der Waals surface area contributed by atoms with Gasteiger partial charge in [0.2, 0.25) is 5.91 Å². The minimum Gasteiger partial charge on any atom is -0.382 e. The van der Waals surface area contributed by atoms with Crippen LogP contribution in [-0.4, -0.2) is 35.9 Å². The number of nitrogens with one attached hydrogen (secondary N) is 1. The number of primary amides is 1. The highest BCUT2D eigenvalue weighted by molar-refractivity contribution is 7.18. The molecule has 7 nitrogen and oxygen atoms in total. The van der Waals surface area contributed by atoms with E-state index in [1.165, 1.54) is 11.3 Å². The minimum atomic E-state index is -0.451. The van der Waals surface area contributed by atoms with Crippen LogP contribution in [0.1, 0.15) is 35.9 Å². The number of aromatic nitrogens is 1. The third-order valence-electron chi connectivity index (χ3n) is 3.11. The van der Waals surface area contributed by atoms with Gasteiger partial charge in [0.25, 0.3) is 5.91 Å². The van der Waals surface area contributed by atoms with Gasteiger partial charge in [-0.3, -0.25) is 9.59 Å². The van der Waals surface area contributed by atoms with Gasteiger partial charge in [0.1, 0.15) is 10.7 Å². The van der Waals surface area contributed by atoms with Gasteiger partial charge >= 0.3 is 0 Å². The standard InChI is InChI=1S/C12H19N5O2S/c1-7(6-8(13)18)15-11(19)9-10(14)16-12(20-9)17-4-2-3-5-17/h7H,2-6,14H2,1H3,(H2,13,18)(H,15,19). The second-order valence-corrected chi connectivity index (χ2v) is 5.93. The summed E-state index contributed by atoms with van der Waals surface area (Å²) in [7, 11) is 0. The van der Waals surface area contributed by atoms with Crippen LogP contribution in [0.25, 0.3) is 0 Å². The number of thiazole rings is 1. The zero-order valence-corrected chi connectivity index (χ0v) is 12.2. The fourth-order valence-corrected chi connectivity index (χ4v) is 3.11. The summed E-state index contributed by atoms with van der Waals surface area (Å²) in [5, 5.41) is 3.49. The van der Waals surface area contributed by atoms with E-state index in [0.29, 0.717) is 4.88 Å². The summed E-state index contributed by atoms with van der Waals surface area (Å²) in [6, 6.07) is -0.322. The van der Waals surface area contributed by atoms with Crippen molar-refractivity contribution < 1.29 is 9.59 Å². The molecule has 2 heterocycles. The Hall–Kier alpha value is -1.83. The van der Waals surface area contributed by atoms with Gasteiger partial charge in [-0.15, -0.1) is 0 Å². The first-order valence-corrected chi connectivity index (χ1v) is 7.39. The maximum absolute atomic E-state index is 12.1. The Morgan fingerprint density at radius 3 is 2.70 bits per heavy atom. The molecule has 1 aromatic heterocycles. The van der Waals surface area contributed by atoms with E-state index in [-0.39, 0.29) is 24.2 Å². The van der Waals surface area contributed by atoms with Crippen LogP contribution in [0.5, 0.6) is 0 Å². The van der Waals surface area contributed by atoms with E-state index in [4.69, 9.17) is 11.5 Å². The summed E-state index contributed by atoms with van der Waals surface area (Å²) in [4.78, 5) is 29.7. The number of nitrogen functional groups attached to an aromatic ring is 1. The monoisotopic (exact) mass is 297 g/mol. The topological polar surface area (TPSA) is 114 Å². The molecule has 2 amide bonds. The van der Waals surface area contributed by atoms with Gasteiger partial charge in [-0.05, 0) is 19.8 Å². The second-order valence-electron chi connectivity index (χ2n) is 4.95. The first-order valence-electron chi connectivity index (χ1n) is 6.57. The highest BCUT2D eigenvalue weighted by atomic mass is 32.1. The van der Waals surface area contributed by atoms with E-state index in [1.54, 1.807) is 6.92 Å². The number of hydrogen-bond acceptors (Lipinski definition) is 6. The van der Waals surface area contributed by atoms with Gasteiger partial charge in [-0.1, -0.05) is 11.3 Å². The zero-order valence-electron chi connectivity index (χ0n) is 11.4. The zero-order chi connectivity index (χ0) is 14.7. The molecule has 0 aromatic carbocycles. The molecule has 20 heavy (non-hydrogen) atoms. The van der Waals surface area contributed by atoms with Crippen molar-refractivity contribution in [2.75, 3.05) is 23.7 Å². The summed E-state index contributed by atoms with van der Waals surface area (Å²) in [5.41, 5.74) is 10.9. The lowest BCUT2D eigenvalue weighted by atomic mass is 10.2. The van der Waals surface area contributed by atoms with Gasteiger partial charge < -0.3 is 21.7 Å². The number of hydrogen-bond donors (Lipinski definition) is 3. The largest absolute Gasteiger partial charge is 0.382 e. The molecule has 0 saturated carbocycles. The molecular formula is C12H19N5O2S. The Bertz CT molecular complexity index is 510. The van der Waals surface area contributed by atoms with Gasteiger partial charge in [-0.2, -0.15) is 0 Å². The quantitative estimate of drug-likeness (QED) is 0.724. The third-order valence-corrected chi connectivity index (χ3v) is 4.24. The van der Waals surface area contributed by atoms with Gasteiger partial charge in [0.05, 0.1) is 0 Å². The molecule has 0 spiro atoms. The lowest BCUT2D eigenvalue weighted by Crippen LogP contribution is -2.35. The first kappa shape index (κ1) is 14.6. The molecule has 1 aliphatic rings. The van der Waals surface area contributed by atoms with Crippen molar-refractivity contribution in [2.24, 2.45) is 5.73 Å². The fourth-order valence-electron chi connectivity index (χ4n) is 2.17. The van der Waals surface area contributed by atoms with Crippen molar-refractivity contribution in [1.82, 2.24) is 10.3 Å². The summed E-state index contributed by atoms with van der Waals surface area (Å²) in [5.74, 6) is -0.521. The van der Waals surface area contributed by atoms with E-state index < -0.39 is 5.91 Å². The SMILES string of the molecule is CC(CC(N)=O)NC(=O)c1sc(N2CCCC2)nc1N. The average molecular weight is 297 g/mol. The minimum absolute atomic E-state index is 0.101. The van der Waals surface area contributed by atoms with Gasteiger partial charge in [0, 0.05) is 25.6 Å². The predicted molar refractivity (Wildman–Crippen MR) is 78.7 cm³/mol. The fraction of sp³-hybridized carbons (Fsp3) is 0.583.